The number of carbonyl (C=O) groups is 3. The molecule has 30 heavy (non-hydrogen) atoms. The molecule has 2 N–H and O–H groups in total. The zero-order chi connectivity index (χ0) is 22.3. The molecule has 0 unspecified atom stereocenters. The van der Waals surface area contributed by atoms with Gasteiger partial charge in [-0.15, -0.1) is 0 Å². The van der Waals surface area contributed by atoms with E-state index in [4.69, 9.17) is 9.47 Å². The number of nitrogens with zero attached hydrogens (tertiary/aromatic N) is 1. The summed E-state index contributed by atoms with van der Waals surface area (Å²) in [4.78, 5) is 37.1. The van der Waals surface area contributed by atoms with Crippen molar-refractivity contribution in [2.75, 3.05) is 26.5 Å². The molecular weight excluding hydrogens is 474 g/mol. The van der Waals surface area contributed by atoms with Crippen LogP contribution in [0.5, 0.6) is 5.75 Å². The van der Waals surface area contributed by atoms with Crippen LogP contribution in [-0.4, -0.2) is 44.3 Å². The molecule has 160 valence electrons. The van der Waals surface area contributed by atoms with Crippen LogP contribution in [0.2, 0.25) is 0 Å². The molecular formula is C20H22BrN3O5S. The third-order valence-corrected chi connectivity index (χ3v) is 6.08. The quantitative estimate of drug-likeness (QED) is 0.420. The second kappa shape index (κ2) is 11.0. The van der Waals surface area contributed by atoms with Gasteiger partial charge in [-0.1, -0.05) is 24.8 Å². The predicted octanol–water partition coefficient (Wildman–Crippen LogP) is 2.45. The summed E-state index contributed by atoms with van der Waals surface area (Å²) in [5.74, 6) is -3.04. The van der Waals surface area contributed by atoms with Crippen molar-refractivity contribution >= 4 is 45.5 Å². The van der Waals surface area contributed by atoms with Crippen molar-refractivity contribution < 1.29 is 23.9 Å². The number of esters is 1. The summed E-state index contributed by atoms with van der Waals surface area (Å²) in [5.41, 5.74) is 0.758. The standard InChI is InChI=1S/C20H22BrN3O5S/c1-4-7-23-15(25)10-30-19-12(9-22)16(17(18(26)24-19)20(27)29-3)11-5-6-14(28-2)13(21)8-11/h5-6,8,16-17H,4,7,10H2,1-3H3,(H,23,25)(H,24,26)/t16-,17+/m1/s1. The minimum absolute atomic E-state index is 0.0305. The van der Waals surface area contributed by atoms with Crippen LogP contribution in [0.1, 0.15) is 24.8 Å². The van der Waals surface area contributed by atoms with E-state index in [0.29, 0.717) is 22.3 Å². The number of allylic oxidation sites excluding steroid dienone is 1. The van der Waals surface area contributed by atoms with Gasteiger partial charge in [0, 0.05) is 12.5 Å². The number of ether oxygens (including phenoxy) is 2. The number of amides is 2. The predicted molar refractivity (Wildman–Crippen MR) is 115 cm³/mol. The number of carbonyl (C=O) groups excluding carboxylic acids is 3. The molecule has 1 aliphatic rings. The molecule has 1 aromatic carbocycles. The highest BCUT2D eigenvalue weighted by Gasteiger charge is 2.44. The highest BCUT2D eigenvalue weighted by atomic mass is 79.9. The van der Waals surface area contributed by atoms with E-state index < -0.39 is 23.7 Å². The van der Waals surface area contributed by atoms with Crippen LogP contribution < -0.4 is 15.4 Å². The van der Waals surface area contributed by atoms with Crippen LogP contribution in [0, 0.1) is 17.2 Å². The number of nitriles is 1. The third kappa shape index (κ3) is 5.34. The van der Waals surface area contributed by atoms with Crippen molar-refractivity contribution in [2.45, 2.75) is 19.3 Å². The lowest BCUT2D eigenvalue weighted by Gasteiger charge is -2.31. The molecule has 0 aromatic heterocycles. The van der Waals surface area contributed by atoms with Crippen LogP contribution in [0.3, 0.4) is 0 Å². The minimum atomic E-state index is -1.23. The lowest BCUT2D eigenvalue weighted by Crippen LogP contribution is -2.44. The van der Waals surface area contributed by atoms with E-state index in [0.717, 1.165) is 18.2 Å². The third-order valence-electron chi connectivity index (χ3n) is 4.44. The van der Waals surface area contributed by atoms with E-state index in [-0.39, 0.29) is 22.3 Å². The van der Waals surface area contributed by atoms with Crippen molar-refractivity contribution in [3.63, 3.8) is 0 Å². The number of benzene rings is 1. The normalized spacial score (nSPS) is 18.3. The van der Waals surface area contributed by atoms with E-state index in [1.165, 1.54) is 14.2 Å². The van der Waals surface area contributed by atoms with Crippen LogP contribution in [0.25, 0.3) is 0 Å². The molecule has 0 aliphatic carbocycles. The largest absolute Gasteiger partial charge is 0.496 e. The molecule has 1 aliphatic heterocycles. The van der Waals surface area contributed by atoms with Crippen molar-refractivity contribution in [1.82, 2.24) is 10.6 Å². The Morgan fingerprint density at radius 3 is 2.67 bits per heavy atom. The van der Waals surface area contributed by atoms with Crippen LogP contribution in [-0.2, 0) is 19.1 Å². The molecule has 8 nitrogen and oxygen atoms in total. The topological polar surface area (TPSA) is 118 Å². The molecule has 2 atom stereocenters. The summed E-state index contributed by atoms with van der Waals surface area (Å²) in [5, 5.41) is 15.5. The SMILES string of the molecule is CCCNC(=O)CSC1=C(C#N)[C@@H](c2ccc(OC)c(Br)c2)[C@H](C(=O)OC)C(=O)N1. The average molecular weight is 496 g/mol. The van der Waals surface area contributed by atoms with Crippen LogP contribution in [0.4, 0.5) is 0 Å². The van der Waals surface area contributed by atoms with Gasteiger partial charge in [-0.05, 0) is 40.0 Å². The van der Waals surface area contributed by atoms with Gasteiger partial charge in [0.2, 0.25) is 11.8 Å². The number of methoxy groups -OCH3 is 2. The summed E-state index contributed by atoms with van der Waals surface area (Å²) in [6, 6.07) is 7.18. The molecule has 1 heterocycles. The molecule has 1 aromatic rings. The van der Waals surface area contributed by atoms with E-state index >= 15 is 0 Å². The maximum atomic E-state index is 12.8. The Morgan fingerprint density at radius 1 is 1.37 bits per heavy atom. The van der Waals surface area contributed by atoms with Gasteiger partial charge in [0.25, 0.3) is 0 Å². The van der Waals surface area contributed by atoms with Gasteiger partial charge in [0.15, 0.2) is 0 Å². The van der Waals surface area contributed by atoms with Gasteiger partial charge < -0.3 is 20.1 Å². The first kappa shape index (κ1) is 23.8. The number of hydrogen-bond acceptors (Lipinski definition) is 7. The van der Waals surface area contributed by atoms with E-state index in [9.17, 15) is 19.6 Å². The van der Waals surface area contributed by atoms with E-state index in [2.05, 4.69) is 32.6 Å². The fourth-order valence-corrected chi connectivity index (χ4v) is 4.45. The fourth-order valence-electron chi connectivity index (χ4n) is 3.01. The van der Waals surface area contributed by atoms with Gasteiger partial charge in [-0.2, -0.15) is 5.26 Å². The number of halogens is 1. The molecule has 0 radical (unpaired) electrons. The van der Waals surface area contributed by atoms with Crippen molar-refractivity contribution in [2.24, 2.45) is 5.92 Å². The van der Waals surface area contributed by atoms with Crippen molar-refractivity contribution in [3.05, 3.63) is 38.8 Å². The fraction of sp³-hybridized carbons (Fsp3) is 0.400. The minimum Gasteiger partial charge on any atom is -0.496 e. The van der Waals surface area contributed by atoms with Gasteiger partial charge in [-0.3, -0.25) is 14.4 Å². The van der Waals surface area contributed by atoms with Crippen molar-refractivity contribution in [1.29, 1.82) is 5.26 Å². The summed E-state index contributed by atoms with van der Waals surface area (Å²) in [6.45, 7) is 2.48. The summed E-state index contributed by atoms with van der Waals surface area (Å²) < 4.78 is 10.7. The maximum absolute atomic E-state index is 12.8. The lowest BCUT2D eigenvalue weighted by molar-refractivity contribution is -0.150. The van der Waals surface area contributed by atoms with Crippen LogP contribution >= 0.6 is 27.7 Å². The summed E-state index contributed by atoms with van der Waals surface area (Å²) in [6.07, 6.45) is 0.800. The Balaban J connectivity index is 2.48. The van der Waals surface area contributed by atoms with E-state index in [1.54, 1.807) is 18.2 Å². The van der Waals surface area contributed by atoms with Gasteiger partial charge >= 0.3 is 5.97 Å². The molecule has 2 amide bonds. The highest BCUT2D eigenvalue weighted by Crippen LogP contribution is 2.41. The summed E-state index contributed by atoms with van der Waals surface area (Å²) in [7, 11) is 2.71. The molecule has 10 heteroatoms. The first-order chi connectivity index (χ1) is 14.4. The monoisotopic (exact) mass is 495 g/mol. The number of hydrogen-bond donors (Lipinski definition) is 2. The molecule has 0 saturated heterocycles. The zero-order valence-corrected chi connectivity index (χ0v) is 19.2. The first-order valence-electron chi connectivity index (χ1n) is 9.13. The summed E-state index contributed by atoms with van der Waals surface area (Å²) >= 11 is 4.44. The molecule has 0 saturated carbocycles. The van der Waals surface area contributed by atoms with Crippen LogP contribution in [0.15, 0.2) is 33.3 Å². The van der Waals surface area contributed by atoms with Gasteiger partial charge in [-0.25, -0.2) is 0 Å². The second-order valence-electron chi connectivity index (χ2n) is 6.35. The number of thioether (sulfide) groups is 1. The molecule has 2 rings (SSSR count). The molecule has 0 bridgehead atoms. The maximum Gasteiger partial charge on any atom is 0.319 e. The smallest absolute Gasteiger partial charge is 0.319 e. The Morgan fingerprint density at radius 2 is 2.10 bits per heavy atom. The zero-order valence-electron chi connectivity index (χ0n) is 16.8. The van der Waals surface area contributed by atoms with E-state index in [1.807, 2.05) is 6.92 Å². The Labute approximate surface area is 187 Å². The average Bonchev–Trinajstić information content (AvgIpc) is 2.74. The first-order valence-corrected chi connectivity index (χ1v) is 10.9. The number of nitrogens with one attached hydrogen (secondary N) is 2. The van der Waals surface area contributed by atoms with Gasteiger partial charge in [0.1, 0.15) is 11.7 Å². The Bertz CT molecular complexity index is 912. The van der Waals surface area contributed by atoms with Gasteiger partial charge in [0.05, 0.1) is 41.1 Å². The van der Waals surface area contributed by atoms with Crippen molar-refractivity contribution in [3.8, 4) is 11.8 Å². The Kier molecular flexibility index (Phi) is 8.74. The highest BCUT2D eigenvalue weighted by molar-refractivity contribution is 9.10. The number of rotatable bonds is 8. The Hall–Kier alpha value is -2.51. The molecule has 0 fully saturated rings. The lowest BCUT2D eigenvalue weighted by atomic mass is 9.78. The molecule has 0 spiro atoms. The second-order valence-corrected chi connectivity index (χ2v) is 8.19.